The molecule has 0 spiro atoms. The van der Waals surface area contributed by atoms with Crippen molar-refractivity contribution in [3.63, 3.8) is 0 Å². The molecule has 110 valence electrons. The van der Waals surface area contributed by atoms with Crippen LogP contribution in [0.25, 0.3) is 10.9 Å². The summed E-state index contributed by atoms with van der Waals surface area (Å²) in [7, 11) is -3.79. The molecular weight excluding hydrogens is 302 g/mol. The van der Waals surface area contributed by atoms with Gasteiger partial charge in [-0.1, -0.05) is 36.4 Å². The summed E-state index contributed by atoms with van der Waals surface area (Å²) in [5.74, 6) is -0.479. The number of ether oxygens (including phenoxy) is 1. The number of nitrogens with zero attached hydrogens (tertiary/aromatic N) is 1. The molecule has 4 rings (SSSR count). The Kier molecular flexibility index (Phi) is 2.65. The average molecular weight is 313 g/mol. The van der Waals surface area contributed by atoms with Crippen LogP contribution in [0, 0.1) is 0 Å². The monoisotopic (exact) mass is 313 g/mol. The molecule has 22 heavy (non-hydrogen) atoms. The third-order valence-electron chi connectivity index (χ3n) is 3.75. The van der Waals surface area contributed by atoms with Crippen LogP contribution in [-0.2, 0) is 21.4 Å². The Hall–Kier alpha value is -2.60. The van der Waals surface area contributed by atoms with Crippen molar-refractivity contribution in [2.24, 2.45) is 0 Å². The van der Waals surface area contributed by atoms with Crippen molar-refractivity contribution in [1.29, 1.82) is 0 Å². The average Bonchev–Trinajstić information content (AvgIpc) is 3.06. The number of carbonyl (C=O) groups excluding carboxylic acids is 1. The summed E-state index contributed by atoms with van der Waals surface area (Å²) in [6, 6.07) is 15.1. The molecule has 0 aliphatic carbocycles. The Bertz CT molecular complexity index is 1000. The van der Waals surface area contributed by atoms with Gasteiger partial charge in [0.15, 0.2) is 0 Å². The summed E-state index contributed by atoms with van der Waals surface area (Å²) in [5, 5.41) is 0.597. The van der Waals surface area contributed by atoms with Gasteiger partial charge in [-0.3, -0.25) is 0 Å². The van der Waals surface area contributed by atoms with Gasteiger partial charge in [0.2, 0.25) is 0 Å². The lowest BCUT2D eigenvalue weighted by atomic mass is 10.1. The first kappa shape index (κ1) is 13.1. The molecule has 0 saturated carbocycles. The van der Waals surface area contributed by atoms with Crippen LogP contribution in [-0.4, -0.2) is 18.4 Å². The summed E-state index contributed by atoms with van der Waals surface area (Å²) in [6.07, 6.45) is 0. The van der Waals surface area contributed by atoms with Gasteiger partial charge < -0.3 is 4.74 Å². The van der Waals surface area contributed by atoms with Crippen LogP contribution in [0.1, 0.15) is 16.1 Å². The minimum absolute atomic E-state index is 0.0328. The van der Waals surface area contributed by atoms with E-state index in [2.05, 4.69) is 0 Å². The lowest BCUT2D eigenvalue weighted by Crippen LogP contribution is -2.15. The predicted molar refractivity (Wildman–Crippen MR) is 80.1 cm³/mol. The number of rotatable bonds is 2. The number of fused-ring (bicyclic) bond motifs is 3. The van der Waals surface area contributed by atoms with E-state index in [0.717, 1.165) is 0 Å². The standard InChI is InChI=1S/C16H11NO4S/c18-16-15-12-8-4-5-9-13(12)17(14(15)10-21-16)22(19,20)11-6-2-1-3-7-11/h1-9H,10H2. The number of para-hydroxylation sites is 1. The van der Waals surface area contributed by atoms with Crippen LogP contribution < -0.4 is 0 Å². The van der Waals surface area contributed by atoms with E-state index in [9.17, 15) is 13.2 Å². The molecule has 1 aliphatic rings. The Morgan fingerprint density at radius 2 is 1.64 bits per heavy atom. The van der Waals surface area contributed by atoms with Crippen molar-refractivity contribution >= 4 is 26.9 Å². The van der Waals surface area contributed by atoms with Crippen molar-refractivity contribution in [3.8, 4) is 0 Å². The van der Waals surface area contributed by atoms with Gasteiger partial charge in [-0.2, -0.15) is 0 Å². The van der Waals surface area contributed by atoms with Crippen molar-refractivity contribution in [1.82, 2.24) is 3.97 Å². The van der Waals surface area contributed by atoms with Gasteiger partial charge in [0.1, 0.15) is 6.61 Å². The highest BCUT2D eigenvalue weighted by Gasteiger charge is 2.34. The lowest BCUT2D eigenvalue weighted by molar-refractivity contribution is 0.0533. The Morgan fingerprint density at radius 3 is 2.41 bits per heavy atom. The van der Waals surface area contributed by atoms with Crippen LogP contribution in [0.15, 0.2) is 59.5 Å². The van der Waals surface area contributed by atoms with E-state index in [1.807, 2.05) is 0 Å². The van der Waals surface area contributed by atoms with E-state index < -0.39 is 16.0 Å². The second kappa shape index (κ2) is 4.45. The quantitative estimate of drug-likeness (QED) is 0.682. The highest BCUT2D eigenvalue weighted by molar-refractivity contribution is 7.90. The van der Waals surface area contributed by atoms with Gasteiger partial charge in [0.05, 0.1) is 21.7 Å². The number of benzene rings is 2. The molecule has 0 saturated heterocycles. The molecule has 0 fully saturated rings. The third kappa shape index (κ3) is 1.64. The molecule has 0 atom stereocenters. The molecule has 0 N–H and O–H groups in total. The molecule has 1 aromatic heterocycles. The molecule has 0 bridgehead atoms. The van der Waals surface area contributed by atoms with Crippen molar-refractivity contribution in [3.05, 3.63) is 65.9 Å². The zero-order chi connectivity index (χ0) is 15.3. The third-order valence-corrected chi connectivity index (χ3v) is 5.52. The summed E-state index contributed by atoms with van der Waals surface area (Å²) in [5.41, 5.74) is 1.22. The largest absolute Gasteiger partial charge is 0.456 e. The fraction of sp³-hybridized carbons (Fsp3) is 0.0625. The fourth-order valence-corrected chi connectivity index (χ4v) is 4.37. The number of cyclic esters (lactones) is 1. The van der Waals surface area contributed by atoms with Crippen LogP contribution >= 0.6 is 0 Å². The van der Waals surface area contributed by atoms with E-state index in [1.165, 1.54) is 16.1 Å². The Morgan fingerprint density at radius 1 is 0.955 bits per heavy atom. The number of carbonyl (C=O) groups is 1. The number of hydrogen-bond acceptors (Lipinski definition) is 4. The van der Waals surface area contributed by atoms with E-state index in [0.29, 0.717) is 22.2 Å². The van der Waals surface area contributed by atoms with Gasteiger partial charge in [-0.25, -0.2) is 17.2 Å². The molecule has 0 radical (unpaired) electrons. The second-order valence-corrected chi connectivity index (χ2v) is 6.78. The maximum Gasteiger partial charge on any atom is 0.341 e. The molecule has 1 aliphatic heterocycles. The van der Waals surface area contributed by atoms with Crippen molar-refractivity contribution < 1.29 is 17.9 Å². The van der Waals surface area contributed by atoms with Crippen LogP contribution in [0.4, 0.5) is 0 Å². The summed E-state index contributed by atoms with van der Waals surface area (Å²) < 4.78 is 32.2. The molecule has 0 amide bonds. The summed E-state index contributed by atoms with van der Waals surface area (Å²) in [6.45, 7) is -0.0328. The van der Waals surface area contributed by atoms with Crippen LogP contribution in [0.3, 0.4) is 0 Å². The van der Waals surface area contributed by atoms with Gasteiger partial charge in [-0.15, -0.1) is 0 Å². The zero-order valence-corrected chi connectivity index (χ0v) is 12.2. The van der Waals surface area contributed by atoms with E-state index in [4.69, 9.17) is 4.74 Å². The maximum absolute atomic E-state index is 13.0. The van der Waals surface area contributed by atoms with Gasteiger partial charge in [0, 0.05) is 5.39 Å². The number of esters is 1. The summed E-state index contributed by atoms with van der Waals surface area (Å²) in [4.78, 5) is 12.1. The van der Waals surface area contributed by atoms with Gasteiger partial charge in [-0.05, 0) is 18.2 Å². The van der Waals surface area contributed by atoms with E-state index in [1.54, 1.807) is 42.5 Å². The predicted octanol–water partition coefficient (Wildman–Crippen LogP) is 2.55. The Labute approximate surface area is 126 Å². The number of aromatic nitrogens is 1. The van der Waals surface area contributed by atoms with Gasteiger partial charge in [0.25, 0.3) is 10.0 Å². The van der Waals surface area contributed by atoms with Gasteiger partial charge >= 0.3 is 5.97 Å². The first-order valence-electron chi connectivity index (χ1n) is 6.71. The number of hydrogen-bond donors (Lipinski definition) is 0. The second-order valence-electron chi connectivity index (χ2n) is 5.00. The smallest absolute Gasteiger partial charge is 0.341 e. The minimum Gasteiger partial charge on any atom is -0.456 e. The van der Waals surface area contributed by atoms with Crippen LogP contribution in [0.2, 0.25) is 0 Å². The van der Waals surface area contributed by atoms with Crippen molar-refractivity contribution in [2.75, 3.05) is 0 Å². The molecule has 2 aromatic carbocycles. The molecule has 6 heteroatoms. The molecule has 3 aromatic rings. The Balaban J connectivity index is 2.11. The first-order chi connectivity index (χ1) is 10.6. The normalized spacial score (nSPS) is 14.1. The molecule has 5 nitrogen and oxygen atoms in total. The zero-order valence-electron chi connectivity index (χ0n) is 11.4. The highest BCUT2D eigenvalue weighted by Crippen LogP contribution is 2.34. The van der Waals surface area contributed by atoms with Crippen molar-refractivity contribution in [2.45, 2.75) is 11.5 Å². The first-order valence-corrected chi connectivity index (χ1v) is 8.15. The SMILES string of the molecule is O=C1OCc2c1c1ccccc1n2S(=O)(=O)c1ccccc1. The van der Waals surface area contributed by atoms with Crippen LogP contribution in [0.5, 0.6) is 0 Å². The van der Waals surface area contributed by atoms with E-state index >= 15 is 0 Å². The maximum atomic E-state index is 13.0. The summed E-state index contributed by atoms with van der Waals surface area (Å²) >= 11 is 0. The van der Waals surface area contributed by atoms with E-state index in [-0.39, 0.29) is 11.5 Å². The molecule has 2 heterocycles. The highest BCUT2D eigenvalue weighted by atomic mass is 32.2. The molecular formula is C16H11NO4S. The fourth-order valence-electron chi connectivity index (χ4n) is 2.80. The minimum atomic E-state index is -3.79. The topological polar surface area (TPSA) is 65.4 Å². The molecule has 0 unspecified atom stereocenters. The lowest BCUT2D eigenvalue weighted by Gasteiger charge is -2.10.